The van der Waals surface area contributed by atoms with Gasteiger partial charge in [-0.05, 0) is 13.8 Å². The van der Waals surface area contributed by atoms with Crippen molar-refractivity contribution in [3.05, 3.63) is 45.8 Å². The minimum absolute atomic E-state index is 0.0190. The maximum atomic E-state index is 16.1. The van der Waals surface area contributed by atoms with Crippen molar-refractivity contribution in [1.29, 1.82) is 0 Å². The summed E-state index contributed by atoms with van der Waals surface area (Å²) < 4.78 is 104. The molecule has 3 fully saturated rings. The number of H-pyrrole nitrogens is 1. The van der Waals surface area contributed by atoms with Gasteiger partial charge >= 0.3 is 18.5 Å². The number of nitrogens with two attached hydrogens (primary N) is 1. The number of rotatable bonds is 8. The molecular formula is C25H30F2N7O14P2S-. The van der Waals surface area contributed by atoms with E-state index in [0.717, 1.165) is 29.5 Å². The van der Waals surface area contributed by atoms with Gasteiger partial charge in [0.05, 0.1) is 25.6 Å². The van der Waals surface area contributed by atoms with E-state index >= 15 is 8.78 Å². The Balaban J connectivity index is 1.32. The fraction of sp³-hybridized carbons (Fsp3) is 0.600. The van der Waals surface area contributed by atoms with Gasteiger partial charge in [-0.2, -0.15) is 0 Å². The van der Waals surface area contributed by atoms with Crippen molar-refractivity contribution in [2.24, 2.45) is 0 Å². The number of esters is 1. The van der Waals surface area contributed by atoms with Crippen molar-refractivity contribution in [2.45, 2.75) is 69.2 Å². The number of phosphoric acid groups is 1. The van der Waals surface area contributed by atoms with Crippen LogP contribution in [0, 0.1) is 0 Å². The molecule has 0 aliphatic carbocycles. The maximum absolute atomic E-state index is 16.1. The summed E-state index contributed by atoms with van der Waals surface area (Å²) in [6, 6.07) is 0.908. The Bertz CT molecular complexity index is 1970. The van der Waals surface area contributed by atoms with Crippen LogP contribution < -0.4 is 21.9 Å². The molecule has 3 saturated heterocycles. The quantitative estimate of drug-likeness (QED) is 0.179. The maximum Gasteiger partial charge on any atom is 0.393 e. The molecule has 6 heterocycles. The highest BCUT2D eigenvalue weighted by atomic mass is 32.7. The molecule has 3 aliphatic rings. The lowest BCUT2D eigenvalue weighted by atomic mass is 10.1. The van der Waals surface area contributed by atoms with Gasteiger partial charge < -0.3 is 38.6 Å². The number of halogens is 2. The van der Waals surface area contributed by atoms with Crippen LogP contribution in [-0.2, 0) is 51.0 Å². The van der Waals surface area contributed by atoms with Crippen molar-refractivity contribution in [3.8, 4) is 0 Å². The van der Waals surface area contributed by atoms with E-state index < -0.39 is 107 Å². The summed E-state index contributed by atoms with van der Waals surface area (Å²) in [7, 11) is -5.50. The van der Waals surface area contributed by atoms with Crippen LogP contribution in [0.4, 0.5) is 14.6 Å². The van der Waals surface area contributed by atoms with Crippen LogP contribution in [-0.4, -0.2) is 104 Å². The number of phosphoric ester groups is 1. The Labute approximate surface area is 288 Å². The van der Waals surface area contributed by atoms with Crippen molar-refractivity contribution in [3.63, 3.8) is 0 Å². The third-order valence-corrected chi connectivity index (χ3v) is 11.9. The predicted octanol–water partition coefficient (Wildman–Crippen LogP) is 0.482. The number of nitrogens with one attached hydrogen (secondary N) is 1. The van der Waals surface area contributed by atoms with Crippen LogP contribution in [0.3, 0.4) is 0 Å². The first-order valence-corrected chi connectivity index (χ1v) is 19.6. The van der Waals surface area contributed by atoms with Crippen LogP contribution in [0.15, 0.2) is 34.5 Å². The lowest BCUT2D eigenvalue weighted by Crippen LogP contribution is -2.37. The molecule has 6 rings (SSSR count). The molecule has 0 spiro atoms. The minimum Gasteiger partial charge on any atom is -0.756 e. The summed E-state index contributed by atoms with van der Waals surface area (Å²) in [6.07, 6.45) is -12.7. The number of nitrogen functional groups attached to an aromatic ring is 1. The number of anilines is 1. The van der Waals surface area contributed by atoms with Gasteiger partial charge in [0.1, 0.15) is 48.8 Å². The van der Waals surface area contributed by atoms with Crippen LogP contribution in [0.2, 0.25) is 0 Å². The van der Waals surface area contributed by atoms with Crippen LogP contribution in [0.1, 0.15) is 26.3 Å². The molecule has 0 saturated carbocycles. The van der Waals surface area contributed by atoms with Gasteiger partial charge in [0.2, 0.25) is 0 Å². The van der Waals surface area contributed by atoms with E-state index in [1.165, 1.54) is 0 Å². The Hall–Kier alpha value is -3.15. The summed E-state index contributed by atoms with van der Waals surface area (Å²) in [4.78, 5) is 63.4. The molecule has 3 N–H and O–H groups in total. The number of hydrogen-bond donors (Lipinski definition) is 2. The molecule has 26 heteroatoms. The molecule has 3 aromatic heterocycles. The average Bonchev–Trinajstić information content (AvgIpc) is 3.72. The van der Waals surface area contributed by atoms with Crippen LogP contribution >= 0.6 is 26.0 Å². The molecular weight excluding hydrogens is 754 g/mol. The zero-order valence-electron chi connectivity index (χ0n) is 26.4. The zero-order valence-corrected chi connectivity index (χ0v) is 29.0. The molecule has 0 amide bonds. The second-order valence-electron chi connectivity index (χ2n) is 11.4. The Morgan fingerprint density at radius 3 is 2.57 bits per heavy atom. The van der Waals surface area contributed by atoms with Gasteiger partial charge in [-0.1, -0.05) is 0 Å². The molecule has 0 radical (unpaired) electrons. The smallest absolute Gasteiger partial charge is 0.393 e. The molecule has 280 valence electrons. The van der Waals surface area contributed by atoms with Crippen LogP contribution in [0.25, 0.3) is 11.2 Å². The predicted molar refractivity (Wildman–Crippen MR) is 165 cm³/mol. The summed E-state index contributed by atoms with van der Waals surface area (Å²) in [5, 5.41) is 0. The fourth-order valence-electron chi connectivity index (χ4n) is 5.22. The average molecular weight is 785 g/mol. The van der Waals surface area contributed by atoms with E-state index in [2.05, 4.69) is 15.0 Å². The molecule has 3 aliphatic heterocycles. The van der Waals surface area contributed by atoms with Crippen LogP contribution in [0.5, 0.6) is 0 Å². The van der Waals surface area contributed by atoms with Crippen molar-refractivity contribution in [1.82, 2.24) is 29.1 Å². The topological polar surface area (TPSA) is 273 Å². The summed E-state index contributed by atoms with van der Waals surface area (Å²) >= 11 is 0.260. The first kappa shape index (κ1) is 37.6. The standard InChI is InChI=1S/C25H31F2N7O14P2S/c1-11(2)41-7-15(36)42-10-51-50(40)44-6-13-19(17(27)23(46-13)34-9-31-18-21(28)29-8-30-22(18)34)47-49(38,39)43-5-12-16(26)20(48-50)24(45-12)33-4-3-14(35)32-25(33)37/h3-4,8-9,11-13,16-17,19-20,23-24H,5-7,10H2,1-2H3,(H,38,39)(H2,28,29,30)(H,32,35,37)/p-1/t12-,13-,16-,17-,19-,20-,23-,24-,50?/m1/s1. The number of carbonyl (C=O) groups excluding carboxylic acids is 1. The highest BCUT2D eigenvalue weighted by Crippen LogP contribution is 2.64. The van der Waals surface area contributed by atoms with Gasteiger partial charge in [0.25, 0.3) is 13.4 Å². The van der Waals surface area contributed by atoms with E-state index in [9.17, 15) is 28.4 Å². The molecule has 0 aromatic carbocycles. The zero-order chi connectivity index (χ0) is 36.7. The number of aromatic nitrogens is 6. The number of imidazole rings is 1. The summed E-state index contributed by atoms with van der Waals surface area (Å²) in [5.41, 5.74) is 4.04. The molecule has 2 bridgehead atoms. The van der Waals surface area contributed by atoms with Gasteiger partial charge in [0, 0.05) is 23.6 Å². The molecule has 2 unspecified atom stereocenters. The molecule has 10 atom stereocenters. The van der Waals surface area contributed by atoms with Gasteiger partial charge in [0.15, 0.2) is 36.3 Å². The Morgan fingerprint density at radius 2 is 1.82 bits per heavy atom. The van der Waals surface area contributed by atoms with Gasteiger partial charge in [-0.25, -0.2) is 37.9 Å². The lowest BCUT2D eigenvalue weighted by molar-refractivity contribution is -0.235. The third kappa shape index (κ3) is 8.25. The molecule has 21 nitrogen and oxygen atoms in total. The van der Waals surface area contributed by atoms with E-state index in [1.807, 2.05) is 4.98 Å². The number of fused-ring (bicyclic) bond motifs is 4. The highest BCUT2D eigenvalue weighted by Gasteiger charge is 2.54. The number of aromatic amines is 1. The molecule has 3 aromatic rings. The number of nitrogens with zero attached hydrogens (tertiary/aromatic N) is 5. The summed E-state index contributed by atoms with van der Waals surface area (Å²) in [5.74, 6) is -1.60. The number of hydrogen-bond acceptors (Lipinski definition) is 19. The SMILES string of the molecule is CC(C)OCC(=O)OCSP1(=O)OC[C@H]2O[C@@H](n3cnc4c(N)ncnc43)[C@H](F)[C@@H]2OP(=O)([O-])OC[C@H]2O[C@@H](n3ccc(=O)[nH]c3=O)[C@H](O1)[C@@H]2F. The number of ether oxygens (including phenoxy) is 4. The lowest BCUT2D eigenvalue weighted by Gasteiger charge is -2.30. The van der Waals surface area contributed by atoms with E-state index in [4.69, 9.17) is 42.8 Å². The Kier molecular flexibility index (Phi) is 11.1. The van der Waals surface area contributed by atoms with Crippen molar-refractivity contribution >= 4 is 49.0 Å². The minimum atomic E-state index is -5.50. The van der Waals surface area contributed by atoms with E-state index in [-0.39, 0.29) is 34.5 Å². The summed E-state index contributed by atoms with van der Waals surface area (Å²) in [6.45, 7) is -3.89. The number of alkyl halides is 2. The third-order valence-electron chi connectivity index (χ3n) is 7.58. The Morgan fingerprint density at radius 1 is 1.08 bits per heavy atom. The second-order valence-corrected chi connectivity index (χ2v) is 16.7. The first-order chi connectivity index (χ1) is 24.1. The van der Waals surface area contributed by atoms with E-state index in [1.54, 1.807) is 13.8 Å². The first-order valence-electron chi connectivity index (χ1n) is 15.0. The van der Waals surface area contributed by atoms with Gasteiger partial charge in [-0.3, -0.25) is 32.5 Å². The number of carbonyl (C=O) groups is 1. The highest BCUT2D eigenvalue weighted by molar-refractivity contribution is 8.55. The van der Waals surface area contributed by atoms with Crippen molar-refractivity contribution in [2.75, 3.05) is 31.5 Å². The molecule has 51 heavy (non-hydrogen) atoms. The second kappa shape index (κ2) is 15.1. The van der Waals surface area contributed by atoms with E-state index in [0.29, 0.717) is 4.57 Å². The fourth-order valence-corrected chi connectivity index (χ4v) is 8.95. The van der Waals surface area contributed by atoms with Gasteiger partial charge in [-0.15, -0.1) is 0 Å². The van der Waals surface area contributed by atoms with Crippen molar-refractivity contribution < 1.29 is 64.6 Å². The monoisotopic (exact) mass is 784 g/mol. The normalized spacial score (nSPS) is 34.5. The largest absolute Gasteiger partial charge is 0.756 e.